The summed E-state index contributed by atoms with van der Waals surface area (Å²) in [4.78, 5) is 6.68. The minimum Gasteiger partial charge on any atom is -0.481 e. The second-order valence-electron chi connectivity index (χ2n) is 4.01. The molecule has 0 aliphatic carbocycles. The highest BCUT2D eigenvalue weighted by Gasteiger charge is 2.10. The Labute approximate surface area is 96.6 Å². The topological polar surface area (TPSA) is 37.4 Å². The monoisotopic (exact) mass is 221 g/mol. The maximum absolute atomic E-state index is 5.24. The zero-order valence-corrected chi connectivity index (χ0v) is 9.78. The predicted octanol–water partition coefficient (Wildman–Crippen LogP) is 0.538. The number of pyridine rings is 1. The van der Waals surface area contributed by atoms with Crippen LogP contribution in [0.3, 0.4) is 0 Å². The molecule has 0 saturated carbocycles. The smallest absolute Gasteiger partial charge is 0.216 e. The molecule has 4 nitrogen and oxygen atoms in total. The first-order valence-electron chi connectivity index (χ1n) is 5.81. The summed E-state index contributed by atoms with van der Waals surface area (Å²) in [5.41, 5.74) is 1.20. The molecule has 88 valence electrons. The molecule has 0 unspecified atom stereocenters. The minimum atomic E-state index is 0.762. The van der Waals surface area contributed by atoms with Crippen molar-refractivity contribution in [2.75, 3.05) is 39.8 Å². The highest BCUT2D eigenvalue weighted by molar-refractivity contribution is 5.25. The average molecular weight is 221 g/mol. The van der Waals surface area contributed by atoms with Crippen molar-refractivity contribution in [3.05, 3.63) is 23.9 Å². The molecule has 1 N–H and O–H groups in total. The second-order valence-corrected chi connectivity index (χ2v) is 4.01. The van der Waals surface area contributed by atoms with Crippen LogP contribution >= 0.6 is 0 Å². The summed E-state index contributed by atoms with van der Waals surface area (Å²) in [6, 6.07) is 4.06. The number of hydrogen-bond acceptors (Lipinski definition) is 4. The van der Waals surface area contributed by atoms with Crippen molar-refractivity contribution in [3.63, 3.8) is 0 Å². The number of nitrogens with one attached hydrogen (secondary N) is 1. The van der Waals surface area contributed by atoms with E-state index in [1.807, 2.05) is 6.07 Å². The average Bonchev–Trinajstić information content (AvgIpc) is 2.38. The van der Waals surface area contributed by atoms with Crippen LogP contribution in [0.1, 0.15) is 5.56 Å². The van der Waals surface area contributed by atoms with E-state index in [1.54, 1.807) is 13.3 Å². The van der Waals surface area contributed by atoms with Gasteiger partial charge in [0.05, 0.1) is 7.11 Å². The van der Waals surface area contributed by atoms with Gasteiger partial charge in [0.25, 0.3) is 0 Å². The molecule has 1 aliphatic rings. The predicted molar refractivity (Wildman–Crippen MR) is 63.8 cm³/mol. The lowest BCUT2D eigenvalue weighted by molar-refractivity contribution is 0.243. The van der Waals surface area contributed by atoms with Crippen LogP contribution in [-0.4, -0.2) is 49.7 Å². The van der Waals surface area contributed by atoms with Crippen LogP contribution in [0.5, 0.6) is 5.88 Å². The zero-order valence-electron chi connectivity index (χ0n) is 9.78. The number of ether oxygens (including phenoxy) is 1. The van der Waals surface area contributed by atoms with Gasteiger partial charge in [-0.25, -0.2) is 4.98 Å². The molecule has 1 saturated heterocycles. The van der Waals surface area contributed by atoms with Crippen molar-refractivity contribution >= 4 is 0 Å². The van der Waals surface area contributed by atoms with E-state index in [2.05, 4.69) is 21.3 Å². The van der Waals surface area contributed by atoms with E-state index in [-0.39, 0.29) is 0 Å². The molecule has 4 heteroatoms. The molecule has 1 fully saturated rings. The van der Waals surface area contributed by atoms with E-state index in [1.165, 1.54) is 5.56 Å². The van der Waals surface area contributed by atoms with Gasteiger partial charge < -0.3 is 15.0 Å². The van der Waals surface area contributed by atoms with Crippen LogP contribution in [0.4, 0.5) is 0 Å². The van der Waals surface area contributed by atoms with Crippen molar-refractivity contribution in [1.82, 2.24) is 15.2 Å². The lowest BCUT2D eigenvalue weighted by Crippen LogP contribution is -2.44. The van der Waals surface area contributed by atoms with Crippen LogP contribution in [-0.2, 0) is 6.42 Å². The third kappa shape index (κ3) is 2.93. The molecular formula is C12H19N3O. The summed E-state index contributed by atoms with van der Waals surface area (Å²) in [6.45, 7) is 5.57. The lowest BCUT2D eigenvalue weighted by atomic mass is 10.2. The summed E-state index contributed by atoms with van der Waals surface area (Å²) in [6.07, 6.45) is 2.78. The van der Waals surface area contributed by atoms with Crippen molar-refractivity contribution in [2.24, 2.45) is 0 Å². The molecule has 0 spiro atoms. The van der Waals surface area contributed by atoms with Crippen molar-refractivity contribution < 1.29 is 4.74 Å². The van der Waals surface area contributed by atoms with Gasteiger partial charge in [-0.05, 0) is 12.5 Å². The van der Waals surface area contributed by atoms with E-state index in [0.717, 1.165) is 45.0 Å². The van der Waals surface area contributed by atoms with Crippen LogP contribution in [0, 0.1) is 0 Å². The SMILES string of the molecule is COc1ncccc1CCN1CCNCC1. The van der Waals surface area contributed by atoms with E-state index in [0.29, 0.717) is 0 Å². The Kier molecular flexibility index (Phi) is 4.13. The molecule has 1 aromatic heterocycles. The van der Waals surface area contributed by atoms with Crippen molar-refractivity contribution in [1.29, 1.82) is 0 Å². The first kappa shape index (κ1) is 11.4. The van der Waals surface area contributed by atoms with Gasteiger partial charge in [-0.15, -0.1) is 0 Å². The van der Waals surface area contributed by atoms with Crippen LogP contribution in [0.2, 0.25) is 0 Å². The van der Waals surface area contributed by atoms with Gasteiger partial charge in [0.2, 0.25) is 5.88 Å². The Morgan fingerprint density at radius 2 is 2.25 bits per heavy atom. The Hall–Kier alpha value is -1.13. The molecule has 16 heavy (non-hydrogen) atoms. The Bertz CT molecular complexity index is 324. The van der Waals surface area contributed by atoms with Crippen molar-refractivity contribution in [2.45, 2.75) is 6.42 Å². The minimum absolute atomic E-state index is 0.762. The quantitative estimate of drug-likeness (QED) is 0.805. The highest BCUT2D eigenvalue weighted by atomic mass is 16.5. The molecular weight excluding hydrogens is 202 g/mol. The van der Waals surface area contributed by atoms with Gasteiger partial charge >= 0.3 is 0 Å². The summed E-state index contributed by atoms with van der Waals surface area (Å²) in [5.74, 6) is 0.762. The third-order valence-electron chi connectivity index (χ3n) is 2.95. The van der Waals surface area contributed by atoms with Gasteiger partial charge in [-0.1, -0.05) is 6.07 Å². The molecule has 0 aromatic carbocycles. The Morgan fingerprint density at radius 1 is 1.44 bits per heavy atom. The number of hydrogen-bond donors (Lipinski definition) is 1. The normalized spacial score (nSPS) is 17.3. The maximum atomic E-state index is 5.24. The largest absolute Gasteiger partial charge is 0.481 e. The van der Waals surface area contributed by atoms with Crippen molar-refractivity contribution in [3.8, 4) is 5.88 Å². The Morgan fingerprint density at radius 3 is 3.00 bits per heavy atom. The summed E-state index contributed by atoms with van der Waals surface area (Å²) < 4.78 is 5.24. The zero-order chi connectivity index (χ0) is 11.2. The van der Waals surface area contributed by atoms with Gasteiger partial charge in [0, 0.05) is 44.5 Å². The first-order chi connectivity index (χ1) is 7.90. The van der Waals surface area contributed by atoms with Crippen LogP contribution in [0.25, 0.3) is 0 Å². The van der Waals surface area contributed by atoms with Gasteiger partial charge in [0.15, 0.2) is 0 Å². The summed E-state index contributed by atoms with van der Waals surface area (Å²) >= 11 is 0. The van der Waals surface area contributed by atoms with Crippen LogP contribution < -0.4 is 10.1 Å². The third-order valence-corrected chi connectivity index (χ3v) is 2.95. The number of methoxy groups -OCH3 is 1. The van der Waals surface area contributed by atoms with E-state index in [9.17, 15) is 0 Å². The number of aromatic nitrogens is 1. The van der Waals surface area contributed by atoms with Crippen LogP contribution in [0.15, 0.2) is 18.3 Å². The van der Waals surface area contributed by atoms with E-state index < -0.39 is 0 Å². The summed E-state index contributed by atoms with van der Waals surface area (Å²) in [5, 5.41) is 3.36. The molecule has 2 rings (SSSR count). The van der Waals surface area contributed by atoms with E-state index in [4.69, 9.17) is 4.74 Å². The van der Waals surface area contributed by atoms with Gasteiger partial charge in [-0.2, -0.15) is 0 Å². The molecule has 0 atom stereocenters. The van der Waals surface area contributed by atoms with E-state index >= 15 is 0 Å². The second kappa shape index (κ2) is 5.82. The molecule has 0 amide bonds. The Balaban J connectivity index is 1.88. The number of piperazine rings is 1. The molecule has 1 aromatic rings. The summed E-state index contributed by atoms with van der Waals surface area (Å²) in [7, 11) is 1.68. The maximum Gasteiger partial charge on any atom is 0.216 e. The van der Waals surface area contributed by atoms with Gasteiger partial charge in [0.1, 0.15) is 0 Å². The standard InChI is InChI=1S/C12H19N3O/c1-16-12-11(3-2-5-14-12)4-8-15-9-6-13-7-10-15/h2-3,5,13H,4,6-10H2,1H3. The van der Waals surface area contributed by atoms with Gasteiger partial charge in [-0.3, -0.25) is 0 Å². The number of nitrogens with zero attached hydrogens (tertiary/aromatic N) is 2. The first-order valence-corrected chi connectivity index (χ1v) is 5.81. The molecule has 1 aliphatic heterocycles. The fraction of sp³-hybridized carbons (Fsp3) is 0.583. The lowest BCUT2D eigenvalue weighted by Gasteiger charge is -2.27. The number of rotatable bonds is 4. The fourth-order valence-electron chi connectivity index (χ4n) is 2.01. The molecule has 2 heterocycles. The highest BCUT2D eigenvalue weighted by Crippen LogP contribution is 2.14. The molecule has 0 radical (unpaired) electrons. The molecule has 0 bridgehead atoms. The fourth-order valence-corrected chi connectivity index (χ4v) is 2.01.